The monoisotopic (exact) mass is 245 g/mol. The molecule has 0 aromatic heterocycles. The largest absolute Gasteiger partial charge is 0.481 e. The fourth-order valence-corrected chi connectivity index (χ4v) is 0.893. The van der Waals surface area contributed by atoms with Gasteiger partial charge in [0.2, 0.25) is 11.8 Å². The lowest BCUT2D eigenvalue weighted by molar-refractivity contribution is -0.137. The van der Waals surface area contributed by atoms with Crippen molar-refractivity contribution in [1.82, 2.24) is 10.6 Å². The molecule has 17 heavy (non-hydrogen) atoms. The van der Waals surface area contributed by atoms with Crippen molar-refractivity contribution >= 4 is 23.8 Å². The molecule has 0 radical (unpaired) electrons. The van der Waals surface area contributed by atoms with Crippen LogP contribution >= 0.6 is 0 Å². The van der Waals surface area contributed by atoms with Gasteiger partial charge in [0.25, 0.3) is 0 Å². The highest BCUT2D eigenvalue weighted by molar-refractivity contribution is 5.96. The standard InChI is InChI=1S/C9H15N3O5/c1-5(8(10)16)11-9(17)12-6(13)3-2-4-7(14)15/h5H,2-4H2,1H3,(H2,10,16)(H,14,15)(H2,11,12,13,17). The lowest BCUT2D eigenvalue weighted by Crippen LogP contribution is -2.48. The van der Waals surface area contributed by atoms with Crippen LogP contribution in [0.25, 0.3) is 0 Å². The molecule has 0 aliphatic rings. The van der Waals surface area contributed by atoms with Gasteiger partial charge in [0.05, 0.1) is 0 Å². The van der Waals surface area contributed by atoms with E-state index in [4.69, 9.17) is 10.8 Å². The molecule has 0 saturated carbocycles. The molecule has 8 nitrogen and oxygen atoms in total. The minimum atomic E-state index is -1.01. The molecule has 4 amide bonds. The molecule has 1 unspecified atom stereocenters. The number of primary amides is 1. The minimum absolute atomic E-state index is 0.0787. The van der Waals surface area contributed by atoms with E-state index in [1.807, 2.05) is 5.32 Å². The van der Waals surface area contributed by atoms with E-state index >= 15 is 0 Å². The molecule has 0 saturated heterocycles. The van der Waals surface area contributed by atoms with Crippen molar-refractivity contribution in [1.29, 1.82) is 0 Å². The second kappa shape index (κ2) is 7.20. The number of urea groups is 1. The number of carbonyl (C=O) groups excluding carboxylic acids is 3. The summed E-state index contributed by atoms with van der Waals surface area (Å²) in [5.74, 6) is -2.34. The van der Waals surface area contributed by atoms with E-state index in [-0.39, 0.29) is 19.3 Å². The summed E-state index contributed by atoms with van der Waals surface area (Å²) in [5, 5.41) is 12.4. The van der Waals surface area contributed by atoms with Gasteiger partial charge in [0, 0.05) is 12.8 Å². The van der Waals surface area contributed by atoms with Crippen LogP contribution in [0, 0.1) is 0 Å². The second-order valence-electron chi connectivity index (χ2n) is 3.39. The highest BCUT2D eigenvalue weighted by Crippen LogP contribution is 1.94. The van der Waals surface area contributed by atoms with Crippen LogP contribution in [0.1, 0.15) is 26.2 Å². The molecule has 0 fully saturated rings. The summed E-state index contributed by atoms with van der Waals surface area (Å²) >= 11 is 0. The molecule has 0 aliphatic heterocycles. The first-order chi connectivity index (χ1) is 7.82. The van der Waals surface area contributed by atoms with Crippen LogP contribution in [0.3, 0.4) is 0 Å². The molecule has 0 aliphatic carbocycles. The maximum absolute atomic E-state index is 11.1. The average molecular weight is 245 g/mol. The first kappa shape index (κ1) is 14.9. The van der Waals surface area contributed by atoms with Crippen LogP contribution in [0.4, 0.5) is 4.79 Å². The van der Waals surface area contributed by atoms with Gasteiger partial charge in [-0.15, -0.1) is 0 Å². The number of hydrogen-bond acceptors (Lipinski definition) is 4. The third-order valence-electron chi connectivity index (χ3n) is 1.82. The molecule has 96 valence electrons. The maximum atomic E-state index is 11.1. The van der Waals surface area contributed by atoms with E-state index in [0.717, 1.165) is 0 Å². The molecule has 5 N–H and O–H groups in total. The number of rotatable bonds is 6. The van der Waals surface area contributed by atoms with Gasteiger partial charge in [0.15, 0.2) is 0 Å². The highest BCUT2D eigenvalue weighted by Gasteiger charge is 2.14. The molecule has 1 atom stereocenters. The Hall–Kier alpha value is -2.12. The van der Waals surface area contributed by atoms with Gasteiger partial charge in [0.1, 0.15) is 6.04 Å². The van der Waals surface area contributed by atoms with Gasteiger partial charge in [-0.05, 0) is 13.3 Å². The third-order valence-corrected chi connectivity index (χ3v) is 1.82. The number of carboxylic acid groups (broad SMARTS) is 1. The predicted molar refractivity (Wildman–Crippen MR) is 56.8 cm³/mol. The Morgan fingerprint density at radius 1 is 1.24 bits per heavy atom. The van der Waals surface area contributed by atoms with Crippen molar-refractivity contribution < 1.29 is 24.3 Å². The van der Waals surface area contributed by atoms with Crippen molar-refractivity contribution in [3.05, 3.63) is 0 Å². The molecular formula is C9H15N3O5. The van der Waals surface area contributed by atoms with Crippen LogP contribution < -0.4 is 16.4 Å². The molecule has 0 heterocycles. The summed E-state index contributed by atoms with van der Waals surface area (Å²) in [7, 11) is 0. The Kier molecular flexibility index (Phi) is 6.30. The van der Waals surface area contributed by atoms with Crippen molar-refractivity contribution in [2.45, 2.75) is 32.2 Å². The van der Waals surface area contributed by atoms with Gasteiger partial charge in [-0.2, -0.15) is 0 Å². The number of aliphatic carboxylic acids is 1. The number of nitrogens with two attached hydrogens (primary N) is 1. The zero-order valence-corrected chi connectivity index (χ0v) is 9.36. The first-order valence-electron chi connectivity index (χ1n) is 4.94. The Morgan fingerprint density at radius 3 is 2.29 bits per heavy atom. The number of carbonyl (C=O) groups is 4. The topological polar surface area (TPSA) is 139 Å². The fourth-order valence-electron chi connectivity index (χ4n) is 0.893. The van der Waals surface area contributed by atoms with E-state index in [2.05, 4.69) is 5.32 Å². The normalized spacial score (nSPS) is 11.4. The van der Waals surface area contributed by atoms with E-state index in [1.54, 1.807) is 0 Å². The van der Waals surface area contributed by atoms with Gasteiger partial charge < -0.3 is 16.2 Å². The summed E-state index contributed by atoms with van der Waals surface area (Å²) < 4.78 is 0. The minimum Gasteiger partial charge on any atom is -0.481 e. The Balaban J connectivity index is 3.84. The van der Waals surface area contributed by atoms with Crippen LogP contribution in [-0.4, -0.2) is 35.0 Å². The lowest BCUT2D eigenvalue weighted by Gasteiger charge is -2.10. The summed E-state index contributed by atoms with van der Waals surface area (Å²) in [6.45, 7) is 1.37. The van der Waals surface area contributed by atoms with Crippen molar-refractivity contribution in [3.8, 4) is 0 Å². The van der Waals surface area contributed by atoms with Crippen molar-refractivity contribution in [3.63, 3.8) is 0 Å². The van der Waals surface area contributed by atoms with Gasteiger partial charge in [-0.3, -0.25) is 19.7 Å². The molecule has 0 bridgehead atoms. The molecule has 0 aromatic rings. The number of amides is 4. The van der Waals surface area contributed by atoms with Crippen LogP contribution in [0.15, 0.2) is 0 Å². The summed E-state index contributed by atoms with van der Waals surface area (Å²) in [6, 6.07) is -1.72. The number of carboxylic acids is 1. The molecule has 0 spiro atoms. The smallest absolute Gasteiger partial charge is 0.322 e. The third kappa shape index (κ3) is 7.77. The number of nitrogens with one attached hydrogen (secondary N) is 2. The lowest BCUT2D eigenvalue weighted by atomic mass is 10.2. The quantitative estimate of drug-likeness (QED) is 0.472. The first-order valence-corrected chi connectivity index (χ1v) is 4.94. The molecular weight excluding hydrogens is 230 g/mol. The average Bonchev–Trinajstić information content (AvgIpc) is 2.16. The maximum Gasteiger partial charge on any atom is 0.322 e. The zero-order chi connectivity index (χ0) is 13.4. The summed E-state index contributed by atoms with van der Waals surface area (Å²) in [5.41, 5.74) is 4.90. The van der Waals surface area contributed by atoms with Gasteiger partial charge in [-0.25, -0.2) is 4.79 Å². The Bertz CT molecular complexity index is 329. The fraction of sp³-hybridized carbons (Fsp3) is 0.556. The van der Waals surface area contributed by atoms with Gasteiger partial charge >= 0.3 is 12.0 Å². The van der Waals surface area contributed by atoms with E-state index in [1.165, 1.54) is 6.92 Å². The summed E-state index contributed by atoms with van der Waals surface area (Å²) in [6.07, 6.45) is -0.0861. The van der Waals surface area contributed by atoms with Crippen molar-refractivity contribution in [2.24, 2.45) is 5.73 Å². The highest BCUT2D eigenvalue weighted by atomic mass is 16.4. The van der Waals surface area contributed by atoms with E-state index in [9.17, 15) is 19.2 Å². The Labute approximate surface area is 97.5 Å². The zero-order valence-electron chi connectivity index (χ0n) is 9.36. The molecule has 0 rings (SSSR count). The second-order valence-corrected chi connectivity index (χ2v) is 3.39. The number of imide groups is 1. The molecule has 0 aromatic carbocycles. The predicted octanol–water partition coefficient (Wildman–Crippen LogP) is -1.06. The van der Waals surface area contributed by atoms with E-state index < -0.39 is 29.9 Å². The van der Waals surface area contributed by atoms with Gasteiger partial charge in [-0.1, -0.05) is 0 Å². The van der Waals surface area contributed by atoms with Crippen LogP contribution in [-0.2, 0) is 14.4 Å². The van der Waals surface area contributed by atoms with E-state index in [0.29, 0.717) is 0 Å². The SMILES string of the molecule is CC(NC(=O)NC(=O)CCCC(=O)O)C(N)=O. The van der Waals surface area contributed by atoms with Crippen molar-refractivity contribution in [2.75, 3.05) is 0 Å². The molecule has 8 heteroatoms. The Morgan fingerprint density at radius 2 is 1.82 bits per heavy atom. The number of hydrogen-bond donors (Lipinski definition) is 4. The van der Waals surface area contributed by atoms with Crippen LogP contribution in [0.2, 0.25) is 0 Å². The summed E-state index contributed by atoms with van der Waals surface area (Å²) in [4.78, 5) is 43.0. The van der Waals surface area contributed by atoms with Crippen LogP contribution in [0.5, 0.6) is 0 Å².